The third kappa shape index (κ3) is 8.75. The van der Waals surface area contributed by atoms with Gasteiger partial charge in [0.1, 0.15) is 5.75 Å². The first-order chi connectivity index (χ1) is 20.8. The highest BCUT2D eigenvalue weighted by atomic mass is 35.5. The summed E-state index contributed by atoms with van der Waals surface area (Å²) in [5.41, 5.74) is 4.03. The summed E-state index contributed by atoms with van der Waals surface area (Å²) in [4.78, 5) is 13.9. The van der Waals surface area contributed by atoms with E-state index in [1.165, 1.54) is 4.31 Å². The first-order valence-electron chi connectivity index (χ1n) is 15.3. The van der Waals surface area contributed by atoms with Gasteiger partial charge in [0.05, 0.1) is 30.7 Å². The number of nitrogens with one attached hydrogen (secondary N) is 2. The zero-order valence-corrected chi connectivity index (χ0v) is 26.9. The minimum Gasteiger partial charge on any atom is -0.497 e. The number of carbonyl (C=O) groups excluding carboxylic acids is 1. The average molecular weight is 642 g/mol. The average Bonchev–Trinajstić information content (AvgIpc) is 3.56. The summed E-state index contributed by atoms with van der Waals surface area (Å²) in [7, 11) is -1.80. The standard InChI is InChI=1S/C34H43N3O5S.ClH/c1-42-31-15-9-12-26(18-31)23-35-24-33(38)32(19-25-10-3-2-4-11-25)36-34(39)29-20-28(27-13-5-6-14-27)21-30(22-29)37-16-7-8-17-43(37,40)41;/h2-4,9-12,15,18,20-22,27,32-33,35,38H,5-8,13-14,16-17,19,23-24H2,1H3,(H,36,39);1H/t32-,33+;/m0./s1. The number of nitrogens with zero attached hydrogens (tertiary/aromatic N) is 1. The lowest BCUT2D eigenvalue weighted by Gasteiger charge is -2.30. The fourth-order valence-electron chi connectivity index (χ4n) is 6.18. The maximum absolute atomic E-state index is 13.9. The van der Waals surface area contributed by atoms with E-state index in [4.69, 9.17) is 4.74 Å². The maximum Gasteiger partial charge on any atom is 0.251 e. The minimum atomic E-state index is -3.43. The fourth-order valence-corrected chi connectivity index (χ4v) is 7.80. The molecule has 1 aliphatic carbocycles. The van der Waals surface area contributed by atoms with Gasteiger partial charge in [0.2, 0.25) is 10.0 Å². The van der Waals surface area contributed by atoms with E-state index in [0.29, 0.717) is 43.1 Å². The van der Waals surface area contributed by atoms with Gasteiger partial charge in [-0.1, -0.05) is 55.3 Å². The molecule has 1 saturated carbocycles. The quantitative estimate of drug-likeness (QED) is 0.251. The summed E-state index contributed by atoms with van der Waals surface area (Å²) >= 11 is 0. The molecule has 2 atom stereocenters. The van der Waals surface area contributed by atoms with Crippen molar-refractivity contribution in [3.8, 4) is 5.75 Å². The highest BCUT2D eigenvalue weighted by molar-refractivity contribution is 7.92. The second-order valence-corrected chi connectivity index (χ2v) is 13.7. The van der Waals surface area contributed by atoms with Crippen molar-refractivity contribution in [3.05, 3.63) is 95.1 Å². The van der Waals surface area contributed by atoms with Gasteiger partial charge in [-0.3, -0.25) is 9.10 Å². The Bertz CT molecular complexity index is 1480. The number of hydrogen-bond acceptors (Lipinski definition) is 6. The summed E-state index contributed by atoms with van der Waals surface area (Å²) < 4.78 is 32.8. The molecule has 1 amide bonds. The molecule has 1 saturated heterocycles. The second-order valence-electron chi connectivity index (χ2n) is 11.7. The van der Waals surface area contributed by atoms with Crippen LogP contribution in [0.2, 0.25) is 0 Å². The number of aliphatic hydroxyl groups excluding tert-OH is 1. The number of halogens is 1. The van der Waals surface area contributed by atoms with Crippen LogP contribution in [0.25, 0.3) is 0 Å². The Morgan fingerprint density at radius 3 is 2.45 bits per heavy atom. The van der Waals surface area contributed by atoms with Gasteiger partial charge in [-0.15, -0.1) is 12.4 Å². The molecule has 8 nitrogen and oxygen atoms in total. The van der Waals surface area contributed by atoms with E-state index in [1.807, 2.05) is 66.7 Å². The number of amides is 1. The number of hydrogen-bond donors (Lipinski definition) is 3. The Kier molecular flexibility index (Phi) is 12.1. The smallest absolute Gasteiger partial charge is 0.251 e. The van der Waals surface area contributed by atoms with Gasteiger partial charge in [0.25, 0.3) is 5.91 Å². The molecule has 3 aromatic rings. The second kappa shape index (κ2) is 15.8. The van der Waals surface area contributed by atoms with E-state index < -0.39 is 22.2 Å². The maximum atomic E-state index is 13.9. The van der Waals surface area contributed by atoms with Crippen molar-refractivity contribution in [1.29, 1.82) is 0 Å². The molecule has 0 spiro atoms. The molecular weight excluding hydrogens is 598 g/mol. The monoisotopic (exact) mass is 641 g/mol. The lowest BCUT2D eigenvalue weighted by Crippen LogP contribution is -2.48. The molecule has 5 rings (SSSR count). The van der Waals surface area contributed by atoms with Crippen molar-refractivity contribution in [3.63, 3.8) is 0 Å². The van der Waals surface area contributed by atoms with Gasteiger partial charge in [0.15, 0.2) is 0 Å². The predicted octanol–water partition coefficient (Wildman–Crippen LogP) is 5.20. The SMILES string of the molecule is COc1cccc(CNC[C@@H](O)[C@H](Cc2ccccc2)NC(=O)c2cc(C3CCCC3)cc(N3CCCCS3(=O)=O)c2)c1.Cl. The largest absolute Gasteiger partial charge is 0.497 e. The summed E-state index contributed by atoms with van der Waals surface area (Å²) in [5, 5.41) is 17.7. The van der Waals surface area contributed by atoms with E-state index in [9.17, 15) is 18.3 Å². The van der Waals surface area contributed by atoms with Crippen LogP contribution in [0.1, 0.15) is 71.5 Å². The van der Waals surface area contributed by atoms with Gasteiger partial charge >= 0.3 is 0 Å². The molecular formula is C34H44ClN3O5S. The molecule has 238 valence electrons. The highest BCUT2D eigenvalue weighted by Crippen LogP contribution is 2.37. The first kappa shape index (κ1) is 33.8. The molecule has 0 radical (unpaired) electrons. The topological polar surface area (TPSA) is 108 Å². The van der Waals surface area contributed by atoms with Crippen molar-refractivity contribution in [2.45, 2.75) is 69.6 Å². The molecule has 44 heavy (non-hydrogen) atoms. The number of rotatable bonds is 12. The molecule has 0 bridgehead atoms. The molecule has 2 fully saturated rings. The van der Waals surface area contributed by atoms with E-state index in [0.717, 1.165) is 54.5 Å². The van der Waals surface area contributed by atoms with Crippen LogP contribution < -0.4 is 19.7 Å². The number of carbonyl (C=O) groups is 1. The number of anilines is 1. The molecule has 2 aliphatic rings. The van der Waals surface area contributed by atoms with Gasteiger partial charge in [0, 0.05) is 25.2 Å². The van der Waals surface area contributed by atoms with Crippen LogP contribution >= 0.6 is 12.4 Å². The molecule has 0 aromatic heterocycles. The minimum absolute atomic E-state index is 0. The third-order valence-electron chi connectivity index (χ3n) is 8.56. The van der Waals surface area contributed by atoms with Gasteiger partial charge in [-0.25, -0.2) is 8.42 Å². The fraction of sp³-hybridized carbons (Fsp3) is 0.441. The Morgan fingerprint density at radius 2 is 1.73 bits per heavy atom. The number of methoxy groups -OCH3 is 1. The van der Waals surface area contributed by atoms with Gasteiger partial charge in [-0.2, -0.15) is 0 Å². The molecule has 1 heterocycles. The lowest BCUT2D eigenvalue weighted by molar-refractivity contribution is 0.0830. The van der Waals surface area contributed by atoms with Crippen LogP contribution in [-0.2, 0) is 23.0 Å². The zero-order valence-electron chi connectivity index (χ0n) is 25.3. The first-order valence-corrected chi connectivity index (χ1v) is 17.0. The lowest BCUT2D eigenvalue weighted by atomic mass is 9.94. The Labute approximate surface area is 267 Å². The molecule has 0 unspecified atom stereocenters. The zero-order chi connectivity index (χ0) is 30.2. The normalized spacial score (nSPS) is 17.8. The number of aliphatic hydroxyl groups is 1. The van der Waals surface area contributed by atoms with Crippen molar-refractivity contribution in [2.24, 2.45) is 0 Å². The van der Waals surface area contributed by atoms with Gasteiger partial charge < -0.3 is 20.5 Å². The Balaban J connectivity index is 0.00000442. The predicted molar refractivity (Wildman–Crippen MR) is 177 cm³/mol. The van der Waals surface area contributed by atoms with Crippen LogP contribution in [-0.4, -0.2) is 57.5 Å². The van der Waals surface area contributed by atoms with Crippen molar-refractivity contribution in [2.75, 3.05) is 30.3 Å². The molecule has 3 N–H and O–H groups in total. The van der Waals surface area contributed by atoms with Crippen LogP contribution in [0.15, 0.2) is 72.8 Å². The van der Waals surface area contributed by atoms with Crippen molar-refractivity contribution >= 4 is 34.0 Å². The van der Waals surface area contributed by atoms with Crippen LogP contribution in [0.5, 0.6) is 5.75 Å². The van der Waals surface area contributed by atoms with E-state index in [2.05, 4.69) is 10.6 Å². The van der Waals surface area contributed by atoms with Gasteiger partial charge in [-0.05, 0) is 85.0 Å². The van der Waals surface area contributed by atoms with Crippen molar-refractivity contribution in [1.82, 2.24) is 10.6 Å². The summed E-state index contributed by atoms with van der Waals surface area (Å²) in [6.07, 6.45) is 5.36. The summed E-state index contributed by atoms with van der Waals surface area (Å²) in [5.74, 6) is 0.885. The van der Waals surface area contributed by atoms with Crippen LogP contribution in [0.3, 0.4) is 0 Å². The number of ether oxygens (including phenoxy) is 1. The highest BCUT2D eigenvalue weighted by Gasteiger charge is 2.29. The Morgan fingerprint density at radius 1 is 0.977 bits per heavy atom. The van der Waals surface area contributed by atoms with Crippen molar-refractivity contribution < 1.29 is 23.1 Å². The third-order valence-corrected chi connectivity index (χ3v) is 10.4. The molecule has 10 heteroatoms. The molecule has 1 aliphatic heterocycles. The molecule has 3 aromatic carbocycles. The van der Waals surface area contributed by atoms with Crippen LogP contribution in [0, 0.1) is 0 Å². The van der Waals surface area contributed by atoms with E-state index >= 15 is 0 Å². The van der Waals surface area contributed by atoms with E-state index in [-0.39, 0.29) is 30.6 Å². The Hall–Kier alpha value is -3.11. The summed E-state index contributed by atoms with van der Waals surface area (Å²) in [6, 6.07) is 22.5. The van der Waals surface area contributed by atoms with Crippen LogP contribution in [0.4, 0.5) is 5.69 Å². The number of benzene rings is 3. The summed E-state index contributed by atoms with van der Waals surface area (Å²) in [6.45, 7) is 1.23. The number of sulfonamides is 1. The van der Waals surface area contributed by atoms with E-state index in [1.54, 1.807) is 13.2 Å².